The Kier molecular flexibility index (Phi) is 5.56. The van der Waals surface area contributed by atoms with Gasteiger partial charge in [0.05, 0.1) is 11.3 Å². The average Bonchev–Trinajstić information content (AvgIpc) is 3.05. The minimum Gasteiger partial charge on any atom is -0.361 e. The molecule has 1 amide bonds. The van der Waals surface area contributed by atoms with Gasteiger partial charge in [-0.3, -0.25) is 4.79 Å². The summed E-state index contributed by atoms with van der Waals surface area (Å²) >= 11 is 1.52. The smallest absolute Gasteiger partial charge is 0.256 e. The molecule has 1 saturated carbocycles. The topological polar surface area (TPSA) is 59.2 Å². The molecule has 0 saturated heterocycles. The fourth-order valence-corrected chi connectivity index (χ4v) is 3.99. The first kappa shape index (κ1) is 17.0. The van der Waals surface area contributed by atoms with Crippen LogP contribution in [0.3, 0.4) is 0 Å². The molecule has 0 spiro atoms. The van der Waals surface area contributed by atoms with Crippen LogP contribution in [0.5, 0.6) is 0 Å². The van der Waals surface area contributed by atoms with Crippen molar-refractivity contribution in [3.63, 3.8) is 0 Å². The quantitative estimate of drug-likeness (QED) is 0.764. The molecule has 5 nitrogen and oxygen atoms in total. The highest BCUT2D eigenvalue weighted by Crippen LogP contribution is 2.27. The number of amides is 1. The molecule has 2 aromatic rings. The fraction of sp³-hybridized carbons (Fsp3) is 0.500. The fourth-order valence-electron chi connectivity index (χ4n) is 3.12. The average molecular weight is 345 g/mol. The third-order valence-corrected chi connectivity index (χ3v) is 5.52. The molecule has 0 aliphatic heterocycles. The van der Waals surface area contributed by atoms with E-state index in [1.165, 1.54) is 31.0 Å². The minimum atomic E-state index is 0.0637. The van der Waals surface area contributed by atoms with Crippen molar-refractivity contribution in [3.8, 4) is 0 Å². The van der Waals surface area contributed by atoms with Crippen LogP contribution in [0.1, 0.15) is 53.9 Å². The molecule has 24 heavy (non-hydrogen) atoms. The lowest BCUT2D eigenvalue weighted by Gasteiger charge is -2.31. The van der Waals surface area contributed by atoms with E-state index in [1.807, 2.05) is 37.1 Å². The number of pyridine rings is 1. The Morgan fingerprint density at radius 2 is 2.17 bits per heavy atom. The predicted molar refractivity (Wildman–Crippen MR) is 94.0 cm³/mol. The summed E-state index contributed by atoms with van der Waals surface area (Å²) in [5, 5.41) is 4.75. The van der Waals surface area contributed by atoms with Gasteiger partial charge in [-0.1, -0.05) is 36.2 Å². The monoisotopic (exact) mass is 345 g/mol. The first-order valence-corrected chi connectivity index (χ1v) is 9.41. The maximum Gasteiger partial charge on any atom is 0.256 e. The van der Waals surface area contributed by atoms with Crippen LogP contribution in [0.15, 0.2) is 33.9 Å². The van der Waals surface area contributed by atoms with Gasteiger partial charge in [-0.15, -0.1) is 0 Å². The van der Waals surface area contributed by atoms with Gasteiger partial charge in [-0.2, -0.15) is 0 Å². The Balaban J connectivity index is 1.71. The molecule has 0 atom stereocenters. The van der Waals surface area contributed by atoms with Crippen LogP contribution < -0.4 is 0 Å². The summed E-state index contributed by atoms with van der Waals surface area (Å²) in [6.07, 6.45) is 7.63. The SMILES string of the molecule is Cc1cc(CSc2ncccc2C(=O)N(C)C2CCCCC2)no1. The second-order valence-corrected chi connectivity index (χ2v) is 7.25. The van der Waals surface area contributed by atoms with E-state index < -0.39 is 0 Å². The van der Waals surface area contributed by atoms with E-state index in [9.17, 15) is 4.79 Å². The van der Waals surface area contributed by atoms with Gasteiger partial charge < -0.3 is 9.42 Å². The molecule has 128 valence electrons. The lowest BCUT2D eigenvalue weighted by Crippen LogP contribution is -2.38. The third kappa shape index (κ3) is 3.98. The lowest BCUT2D eigenvalue weighted by atomic mass is 9.94. The summed E-state index contributed by atoms with van der Waals surface area (Å²) in [6.45, 7) is 1.87. The zero-order valence-corrected chi connectivity index (χ0v) is 15.0. The highest BCUT2D eigenvalue weighted by Gasteiger charge is 2.25. The van der Waals surface area contributed by atoms with E-state index in [0.29, 0.717) is 17.4 Å². The van der Waals surface area contributed by atoms with Gasteiger partial charge in [0.15, 0.2) is 0 Å². The van der Waals surface area contributed by atoms with E-state index >= 15 is 0 Å². The molecule has 0 unspecified atom stereocenters. The standard InChI is InChI=1S/C18H23N3O2S/c1-13-11-14(20-23-13)12-24-17-16(9-6-10-19-17)18(22)21(2)15-7-4-3-5-8-15/h6,9-11,15H,3-5,7-8,12H2,1-2H3. The van der Waals surface area contributed by atoms with Crippen LogP contribution in [0.4, 0.5) is 0 Å². The van der Waals surface area contributed by atoms with Crippen molar-refractivity contribution in [2.45, 2.75) is 55.8 Å². The molecule has 2 aromatic heterocycles. The van der Waals surface area contributed by atoms with Crippen molar-refractivity contribution in [1.29, 1.82) is 0 Å². The molecule has 1 aliphatic carbocycles. The molecule has 0 N–H and O–H groups in total. The minimum absolute atomic E-state index is 0.0637. The van der Waals surface area contributed by atoms with Crippen LogP contribution in [0.2, 0.25) is 0 Å². The number of hydrogen-bond acceptors (Lipinski definition) is 5. The highest BCUT2D eigenvalue weighted by molar-refractivity contribution is 7.98. The van der Waals surface area contributed by atoms with Gasteiger partial charge in [0.1, 0.15) is 10.8 Å². The molecule has 0 aromatic carbocycles. The Morgan fingerprint density at radius 1 is 1.38 bits per heavy atom. The number of nitrogens with zero attached hydrogens (tertiary/aromatic N) is 3. The second kappa shape index (κ2) is 7.83. The molecule has 6 heteroatoms. The summed E-state index contributed by atoms with van der Waals surface area (Å²) in [6, 6.07) is 5.95. The zero-order valence-electron chi connectivity index (χ0n) is 14.2. The molecule has 0 radical (unpaired) electrons. The summed E-state index contributed by atoms with van der Waals surface area (Å²) in [5.41, 5.74) is 1.54. The molecule has 1 fully saturated rings. The number of carbonyl (C=O) groups is 1. The van der Waals surface area contributed by atoms with Gasteiger partial charge >= 0.3 is 0 Å². The van der Waals surface area contributed by atoms with Crippen LogP contribution in [0, 0.1) is 6.92 Å². The van der Waals surface area contributed by atoms with E-state index in [-0.39, 0.29) is 5.91 Å². The largest absolute Gasteiger partial charge is 0.361 e. The second-order valence-electron chi connectivity index (χ2n) is 6.28. The van der Waals surface area contributed by atoms with Crippen LogP contribution in [-0.2, 0) is 5.75 Å². The van der Waals surface area contributed by atoms with Crippen LogP contribution >= 0.6 is 11.8 Å². The van der Waals surface area contributed by atoms with Crippen molar-refractivity contribution >= 4 is 17.7 Å². The van der Waals surface area contributed by atoms with Crippen molar-refractivity contribution < 1.29 is 9.32 Å². The third-order valence-electron chi connectivity index (χ3n) is 4.48. The Labute approximate surface area is 146 Å². The van der Waals surface area contributed by atoms with Crippen molar-refractivity contribution in [1.82, 2.24) is 15.0 Å². The Hall–Kier alpha value is -1.82. The van der Waals surface area contributed by atoms with Gasteiger partial charge in [0.25, 0.3) is 5.91 Å². The number of aryl methyl sites for hydroxylation is 1. The van der Waals surface area contributed by atoms with Crippen LogP contribution in [0.25, 0.3) is 0 Å². The normalized spacial score (nSPS) is 15.4. The van der Waals surface area contributed by atoms with Crippen molar-refractivity contribution in [2.75, 3.05) is 7.05 Å². The molecule has 1 aliphatic rings. The first-order chi connectivity index (χ1) is 11.6. The zero-order chi connectivity index (χ0) is 16.9. The number of hydrogen-bond donors (Lipinski definition) is 0. The van der Waals surface area contributed by atoms with E-state index in [1.54, 1.807) is 6.20 Å². The molecular formula is C18H23N3O2S. The van der Waals surface area contributed by atoms with Crippen molar-refractivity contribution in [2.24, 2.45) is 0 Å². The maximum atomic E-state index is 12.9. The summed E-state index contributed by atoms with van der Waals surface area (Å²) in [4.78, 5) is 19.2. The Morgan fingerprint density at radius 3 is 2.88 bits per heavy atom. The van der Waals surface area contributed by atoms with Gasteiger partial charge in [-0.05, 0) is 31.9 Å². The van der Waals surface area contributed by atoms with Gasteiger partial charge in [0, 0.05) is 31.1 Å². The molecule has 3 rings (SSSR count). The lowest BCUT2D eigenvalue weighted by molar-refractivity contribution is 0.0692. The van der Waals surface area contributed by atoms with Gasteiger partial charge in [0.2, 0.25) is 0 Å². The predicted octanol–water partition coefficient (Wildman–Crippen LogP) is 4.08. The number of carbonyl (C=O) groups excluding carboxylic acids is 1. The van der Waals surface area contributed by atoms with Crippen LogP contribution in [-0.4, -0.2) is 34.0 Å². The summed E-state index contributed by atoms with van der Waals surface area (Å²) in [5.74, 6) is 1.50. The molecule has 0 bridgehead atoms. The summed E-state index contributed by atoms with van der Waals surface area (Å²) < 4.78 is 5.09. The first-order valence-electron chi connectivity index (χ1n) is 8.42. The maximum absolute atomic E-state index is 12.9. The number of aromatic nitrogens is 2. The van der Waals surface area contributed by atoms with Crippen molar-refractivity contribution in [3.05, 3.63) is 41.4 Å². The summed E-state index contributed by atoms with van der Waals surface area (Å²) in [7, 11) is 1.92. The molecule has 2 heterocycles. The van der Waals surface area contributed by atoms with E-state index in [2.05, 4.69) is 10.1 Å². The molecular weight excluding hydrogens is 322 g/mol. The Bertz CT molecular complexity index is 695. The van der Waals surface area contributed by atoms with E-state index in [4.69, 9.17) is 4.52 Å². The van der Waals surface area contributed by atoms with Gasteiger partial charge in [-0.25, -0.2) is 4.98 Å². The number of rotatable bonds is 5. The van der Waals surface area contributed by atoms with E-state index in [0.717, 1.165) is 29.3 Å². The highest BCUT2D eigenvalue weighted by atomic mass is 32.2. The number of thioether (sulfide) groups is 1.